The van der Waals surface area contributed by atoms with E-state index in [0.717, 1.165) is 43.7 Å². The first-order chi connectivity index (χ1) is 17.6. The van der Waals surface area contributed by atoms with Crippen LogP contribution in [0.25, 0.3) is 33.9 Å². The molecule has 9 heteroatoms. The number of fused-ring (bicyclic) bond motifs is 1. The molecule has 36 heavy (non-hydrogen) atoms. The second-order valence-electron chi connectivity index (χ2n) is 8.80. The van der Waals surface area contributed by atoms with Crippen molar-refractivity contribution < 1.29 is 13.6 Å². The van der Waals surface area contributed by atoms with Gasteiger partial charge in [0.1, 0.15) is 11.4 Å². The molecule has 3 aromatic heterocycles. The summed E-state index contributed by atoms with van der Waals surface area (Å²) in [6.45, 7) is 6.96. The first kappa shape index (κ1) is 24.0. The van der Waals surface area contributed by atoms with Gasteiger partial charge in [-0.05, 0) is 81.4 Å². The molecule has 0 spiro atoms. The van der Waals surface area contributed by atoms with Gasteiger partial charge in [0.2, 0.25) is 5.91 Å². The second-order valence-corrected chi connectivity index (χ2v) is 9.19. The van der Waals surface area contributed by atoms with Crippen LogP contribution >= 0.6 is 12.2 Å². The maximum atomic E-state index is 12.9. The Balaban J connectivity index is 1.38. The average Bonchev–Trinajstić information content (AvgIpc) is 3.63. The molecule has 8 nitrogen and oxygen atoms in total. The predicted octanol–water partition coefficient (Wildman–Crippen LogP) is 5.43. The summed E-state index contributed by atoms with van der Waals surface area (Å²) in [5.74, 6) is 1.42. The van der Waals surface area contributed by atoms with Crippen LogP contribution in [0, 0.1) is 5.92 Å². The standard InChI is InChI=1S/C27H29N5O3S/c1-3-31(4-2)26(33)18-8-5-13-32(17-18)27(36)28-19-11-12-20-21(16-19)30-25(23-10-7-15-35-23)24(29-20)22-9-6-14-34-22/h6-7,9-12,14-16,18H,3-5,8,13,17H2,1-2H3,(H,28,36)/t18-/m0/s1. The number of rotatable bonds is 6. The number of carbonyl (C=O) groups is 1. The lowest BCUT2D eigenvalue weighted by Gasteiger charge is -2.36. The molecule has 1 aromatic carbocycles. The van der Waals surface area contributed by atoms with Crippen molar-refractivity contribution in [1.29, 1.82) is 0 Å². The fourth-order valence-electron chi connectivity index (χ4n) is 4.66. The van der Waals surface area contributed by atoms with Gasteiger partial charge in [0.05, 0.1) is 29.5 Å². The fourth-order valence-corrected chi connectivity index (χ4v) is 4.95. The summed E-state index contributed by atoms with van der Waals surface area (Å²) in [6.07, 6.45) is 5.06. The van der Waals surface area contributed by atoms with Crippen LogP contribution in [0.1, 0.15) is 26.7 Å². The van der Waals surface area contributed by atoms with Crippen molar-refractivity contribution in [2.45, 2.75) is 26.7 Å². The zero-order valence-electron chi connectivity index (χ0n) is 20.4. The predicted molar refractivity (Wildman–Crippen MR) is 143 cm³/mol. The monoisotopic (exact) mass is 503 g/mol. The number of amides is 1. The minimum absolute atomic E-state index is 0.0308. The van der Waals surface area contributed by atoms with Crippen LogP contribution in [0.2, 0.25) is 0 Å². The van der Waals surface area contributed by atoms with Gasteiger partial charge >= 0.3 is 0 Å². The van der Waals surface area contributed by atoms with Gasteiger partial charge in [0.25, 0.3) is 0 Å². The van der Waals surface area contributed by atoms with Gasteiger partial charge in [-0.25, -0.2) is 9.97 Å². The van der Waals surface area contributed by atoms with Gasteiger partial charge < -0.3 is 24.0 Å². The smallest absolute Gasteiger partial charge is 0.227 e. The van der Waals surface area contributed by atoms with Crippen LogP contribution in [-0.4, -0.2) is 57.0 Å². The van der Waals surface area contributed by atoms with Crippen molar-refractivity contribution in [2.24, 2.45) is 5.92 Å². The van der Waals surface area contributed by atoms with Crippen LogP contribution < -0.4 is 5.32 Å². The lowest BCUT2D eigenvalue weighted by molar-refractivity contribution is -0.136. The molecule has 1 aliphatic heterocycles. The molecular formula is C27H29N5O3S. The van der Waals surface area contributed by atoms with E-state index in [4.69, 9.17) is 31.0 Å². The first-order valence-corrected chi connectivity index (χ1v) is 12.7. The number of hydrogen-bond acceptors (Lipinski definition) is 6. The van der Waals surface area contributed by atoms with Crippen molar-refractivity contribution in [3.8, 4) is 22.9 Å². The Kier molecular flexibility index (Phi) is 6.99. The van der Waals surface area contributed by atoms with E-state index in [0.29, 0.717) is 40.1 Å². The second kappa shape index (κ2) is 10.5. The molecule has 186 valence electrons. The molecule has 0 aliphatic carbocycles. The molecule has 4 heterocycles. The highest BCUT2D eigenvalue weighted by Gasteiger charge is 2.29. The fraction of sp³-hybridized carbons (Fsp3) is 0.333. The Labute approximate surface area is 215 Å². The molecule has 1 atom stereocenters. The Morgan fingerprint density at radius 1 is 1.06 bits per heavy atom. The summed E-state index contributed by atoms with van der Waals surface area (Å²) in [7, 11) is 0. The number of nitrogens with one attached hydrogen (secondary N) is 1. The molecular weight excluding hydrogens is 474 g/mol. The van der Waals surface area contributed by atoms with E-state index in [-0.39, 0.29) is 11.8 Å². The van der Waals surface area contributed by atoms with E-state index in [2.05, 4.69) is 10.2 Å². The number of anilines is 1. The van der Waals surface area contributed by atoms with Crippen LogP contribution in [0.15, 0.2) is 63.8 Å². The minimum Gasteiger partial charge on any atom is -0.463 e. The topological polar surface area (TPSA) is 87.6 Å². The van der Waals surface area contributed by atoms with Gasteiger partial charge in [0.15, 0.2) is 16.6 Å². The zero-order chi connectivity index (χ0) is 25.1. The van der Waals surface area contributed by atoms with Crippen molar-refractivity contribution in [1.82, 2.24) is 19.8 Å². The van der Waals surface area contributed by atoms with Crippen molar-refractivity contribution in [3.05, 3.63) is 55.0 Å². The van der Waals surface area contributed by atoms with Crippen molar-refractivity contribution >= 4 is 40.0 Å². The number of likely N-dealkylation sites (tertiary alicyclic amines) is 1. The number of hydrogen-bond donors (Lipinski definition) is 1. The third kappa shape index (κ3) is 4.83. The molecule has 0 bridgehead atoms. The first-order valence-electron chi connectivity index (χ1n) is 12.3. The quantitative estimate of drug-likeness (QED) is 0.349. The van der Waals surface area contributed by atoms with E-state index >= 15 is 0 Å². The number of piperidine rings is 1. The molecule has 4 aromatic rings. The van der Waals surface area contributed by atoms with Gasteiger partial charge in [-0.2, -0.15) is 0 Å². The summed E-state index contributed by atoms with van der Waals surface area (Å²) in [5.41, 5.74) is 3.48. The van der Waals surface area contributed by atoms with E-state index in [1.165, 1.54) is 0 Å². The highest BCUT2D eigenvalue weighted by atomic mass is 32.1. The highest BCUT2D eigenvalue weighted by molar-refractivity contribution is 7.80. The maximum Gasteiger partial charge on any atom is 0.227 e. The summed E-state index contributed by atoms with van der Waals surface area (Å²) in [6, 6.07) is 13.1. The molecule has 1 fully saturated rings. The van der Waals surface area contributed by atoms with Gasteiger partial charge in [-0.3, -0.25) is 4.79 Å². The molecule has 1 saturated heterocycles. The van der Waals surface area contributed by atoms with Crippen LogP contribution in [0.3, 0.4) is 0 Å². The minimum atomic E-state index is -0.0308. The van der Waals surface area contributed by atoms with Gasteiger partial charge in [0, 0.05) is 31.9 Å². The molecule has 1 amide bonds. The molecule has 0 saturated carbocycles. The maximum absolute atomic E-state index is 12.9. The zero-order valence-corrected chi connectivity index (χ0v) is 21.3. The summed E-state index contributed by atoms with van der Waals surface area (Å²) in [4.78, 5) is 26.6. The lowest BCUT2D eigenvalue weighted by Crippen LogP contribution is -2.47. The Bertz CT molecular complexity index is 1350. The van der Waals surface area contributed by atoms with E-state index in [1.54, 1.807) is 12.5 Å². The number of furan rings is 2. The lowest BCUT2D eigenvalue weighted by atomic mass is 9.96. The molecule has 1 N–H and O–H groups in total. The third-order valence-corrected chi connectivity index (χ3v) is 6.92. The normalized spacial score (nSPS) is 15.7. The Morgan fingerprint density at radius 2 is 1.72 bits per heavy atom. The average molecular weight is 504 g/mol. The molecule has 1 aliphatic rings. The van der Waals surface area contributed by atoms with Gasteiger partial charge in [-0.15, -0.1) is 0 Å². The largest absolute Gasteiger partial charge is 0.463 e. The van der Waals surface area contributed by atoms with E-state index in [1.807, 2.05) is 61.2 Å². The Hall–Kier alpha value is -3.72. The summed E-state index contributed by atoms with van der Waals surface area (Å²) >= 11 is 5.73. The van der Waals surface area contributed by atoms with Crippen molar-refractivity contribution in [2.75, 3.05) is 31.5 Å². The molecule has 0 radical (unpaired) electrons. The number of benzene rings is 1. The molecule has 0 unspecified atom stereocenters. The third-order valence-electron chi connectivity index (χ3n) is 6.56. The summed E-state index contributed by atoms with van der Waals surface area (Å²) in [5, 5.41) is 3.95. The van der Waals surface area contributed by atoms with E-state index in [9.17, 15) is 4.79 Å². The number of thiocarbonyl (C=S) groups is 1. The summed E-state index contributed by atoms with van der Waals surface area (Å²) < 4.78 is 11.2. The van der Waals surface area contributed by atoms with Crippen LogP contribution in [0.4, 0.5) is 5.69 Å². The Morgan fingerprint density at radius 3 is 2.33 bits per heavy atom. The van der Waals surface area contributed by atoms with Crippen molar-refractivity contribution in [3.63, 3.8) is 0 Å². The number of carbonyl (C=O) groups excluding carboxylic acids is 1. The number of nitrogens with zero attached hydrogens (tertiary/aromatic N) is 4. The SMILES string of the molecule is CCN(CC)C(=O)[C@H]1CCCN(C(=S)Nc2ccc3nc(-c4ccco4)c(-c4ccco4)nc3c2)C1. The molecule has 5 rings (SSSR count). The van der Waals surface area contributed by atoms with Gasteiger partial charge in [-0.1, -0.05) is 0 Å². The number of aromatic nitrogens is 2. The highest BCUT2D eigenvalue weighted by Crippen LogP contribution is 2.32. The van der Waals surface area contributed by atoms with Crippen LogP contribution in [-0.2, 0) is 4.79 Å². The van der Waals surface area contributed by atoms with E-state index < -0.39 is 0 Å². The van der Waals surface area contributed by atoms with Crippen LogP contribution in [0.5, 0.6) is 0 Å².